The lowest BCUT2D eigenvalue weighted by molar-refractivity contribution is 0.0548. The molecule has 4 rings (SSSR count). The van der Waals surface area contributed by atoms with E-state index in [0.717, 1.165) is 32.2 Å². The number of ether oxygens (including phenoxy) is 1. The number of hydrogen-bond donors (Lipinski definition) is 1. The van der Waals surface area contributed by atoms with E-state index in [1.807, 2.05) is 4.90 Å². The van der Waals surface area contributed by atoms with E-state index in [-0.39, 0.29) is 16.8 Å². The van der Waals surface area contributed by atoms with Gasteiger partial charge in [0.05, 0.1) is 12.2 Å². The molecule has 1 N–H and O–H groups in total. The van der Waals surface area contributed by atoms with Crippen LogP contribution >= 0.6 is 0 Å². The summed E-state index contributed by atoms with van der Waals surface area (Å²) in [4.78, 5) is 18.9. The Kier molecular flexibility index (Phi) is 4.73. The maximum absolute atomic E-state index is 13.1. The minimum Gasteiger partial charge on any atom is -0.493 e. The lowest BCUT2D eigenvalue weighted by Crippen LogP contribution is -2.45. The van der Waals surface area contributed by atoms with Crippen molar-refractivity contribution in [2.75, 3.05) is 17.9 Å². The average molecular weight is 387 g/mol. The van der Waals surface area contributed by atoms with Crippen LogP contribution in [0.25, 0.3) is 0 Å². The highest BCUT2D eigenvalue weighted by atomic mass is 32.2. The third-order valence-corrected chi connectivity index (χ3v) is 6.37. The molecule has 1 fully saturated rings. The quantitative estimate of drug-likeness (QED) is 0.875. The van der Waals surface area contributed by atoms with Gasteiger partial charge in [0.15, 0.2) is 0 Å². The second-order valence-corrected chi connectivity index (χ2v) is 8.47. The Morgan fingerprint density at radius 3 is 2.89 bits per heavy atom. The van der Waals surface area contributed by atoms with Crippen molar-refractivity contribution in [3.63, 3.8) is 0 Å². The summed E-state index contributed by atoms with van der Waals surface area (Å²) < 4.78 is 33.4. The Morgan fingerprint density at radius 2 is 2.07 bits per heavy atom. The van der Waals surface area contributed by atoms with Crippen LogP contribution in [0.15, 0.2) is 47.6 Å². The number of nitrogens with one attached hydrogen (secondary N) is 1. The number of pyridine rings is 1. The van der Waals surface area contributed by atoms with Gasteiger partial charge in [-0.1, -0.05) is 0 Å². The molecular formula is C19H21N3O4S. The van der Waals surface area contributed by atoms with E-state index < -0.39 is 10.0 Å². The molecular weight excluding hydrogens is 366 g/mol. The van der Waals surface area contributed by atoms with E-state index in [0.29, 0.717) is 23.6 Å². The molecule has 142 valence electrons. The summed E-state index contributed by atoms with van der Waals surface area (Å²) in [7, 11) is -3.78. The van der Waals surface area contributed by atoms with E-state index in [1.165, 1.54) is 18.5 Å². The zero-order chi connectivity index (χ0) is 18.9. The molecule has 0 unspecified atom stereocenters. The maximum atomic E-state index is 13.1. The summed E-state index contributed by atoms with van der Waals surface area (Å²) in [5.74, 6) is 0.394. The third-order valence-electron chi connectivity index (χ3n) is 5.00. The lowest BCUT2D eigenvalue weighted by atomic mass is 9.97. The van der Waals surface area contributed by atoms with Gasteiger partial charge in [-0.15, -0.1) is 0 Å². The first-order valence-corrected chi connectivity index (χ1v) is 10.5. The molecule has 1 aromatic carbocycles. The summed E-state index contributed by atoms with van der Waals surface area (Å²) in [6, 6.07) is 8.03. The van der Waals surface area contributed by atoms with E-state index in [9.17, 15) is 13.2 Å². The number of carbonyl (C=O) groups excluding carboxylic acids is 1. The van der Waals surface area contributed by atoms with Crippen LogP contribution < -0.4 is 9.46 Å². The Morgan fingerprint density at radius 1 is 1.19 bits per heavy atom. The summed E-state index contributed by atoms with van der Waals surface area (Å²) in [5.41, 5.74) is 0.719. The largest absolute Gasteiger partial charge is 0.493 e. The number of anilines is 1. The summed E-state index contributed by atoms with van der Waals surface area (Å²) in [6.45, 7) is 1.27. The molecule has 0 bridgehead atoms. The standard InChI is InChI=1S/C19H21N3O4S/c23-19-17-12-14(21-27(24,25)16-5-3-9-20-13-16)6-7-18(17)26-11-8-15-4-1-2-10-22(15)19/h3,5-7,9,12-13,15,21H,1-2,4,8,10-11H2/t15-/m0/s1. The average Bonchev–Trinajstić information content (AvgIpc) is 2.68. The molecule has 0 radical (unpaired) electrons. The zero-order valence-electron chi connectivity index (χ0n) is 14.8. The van der Waals surface area contributed by atoms with Crippen LogP contribution in [-0.4, -0.2) is 43.4 Å². The number of hydrogen-bond acceptors (Lipinski definition) is 5. The molecule has 1 atom stereocenters. The molecule has 0 aliphatic carbocycles. The number of fused-ring (bicyclic) bond motifs is 2. The molecule has 0 saturated carbocycles. The fourth-order valence-electron chi connectivity index (χ4n) is 3.63. The van der Waals surface area contributed by atoms with Crippen molar-refractivity contribution in [3.8, 4) is 5.75 Å². The van der Waals surface area contributed by atoms with Gasteiger partial charge in [0.1, 0.15) is 10.6 Å². The van der Waals surface area contributed by atoms with Gasteiger partial charge in [0.25, 0.3) is 15.9 Å². The first-order valence-electron chi connectivity index (χ1n) is 9.05. The summed E-state index contributed by atoms with van der Waals surface area (Å²) in [5, 5.41) is 0. The van der Waals surface area contributed by atoms with Gasteiger partial charge in [-0.25, -0.2) is 8.42 Å². The van der Waals surface area contributed by atoms with Crippen LogP contribution in [0.5, 0.6) is 5.75 Å². The highest BCUT2D eigenvalue weighted by Gasteiger charge is 2.31. The Labute approximate surface area is 158 Å². The van der Waals surface area contributed by atoms with Crippen molar-refractivity contribution < 1.29 is 17.9 Å². The molecule has 1 aromatic heterocycles. The zero-order valence-corrected chi connectivity index (χ0v) is 15.6. The van der Waals surface area contributed by atoms with E-state index in [2.05, 4.69) is 9.71 Å². The molecule has 7 nitrogen and oxygen atoms in total. The smallest absolute Gasteiger partial charge is 0.263 e. The minimum absolute atomic E-state index is 0.0652. The van der Waals surface area contributed by atoms with Crippen LogP contribution in [0.2, 0.25) is 0 Å². The number of piperidine rings is 1. The van der Waals surface area contributed by atoms with Gasteiger partial charge in [-0.3, -0.25) is 14.5 Å². The Balaban J connectivity index is 1.65. The van der Waals surface area contributed by atoms with E-state index >= 15 is 0 Å². The van der Waals surface area contributed by atoms with Crippen molar-refractivity contribution in [2.45, 2.75) is 36.6 Å². The Hall–Kier alpha value is -2.61. The lowest BCUT2D eigenvalue weighted by Gasteiger charge is -2.37. The molecule has 2 aromatic rings. The number of amides is 1. The van der Waals surface area contributed by atoms with Crippen LogP contribution in [0.3, 0.4) is 0 Å². The molecule has 3 heterocycles. The summed E-state index contributed by atoms with van der Waals surface area (Å²) in [6.07, 6.45) is 6.70. The fourth-order valence-corrected chi connectivity index (χ4v) is 4.65. The molecule has 2 aliphatic rings. The van der Waals surface area contributed by atoms with E-state index in [4.69, 9.17) is 4.74 Å². The second kappa shape index (κ2) is 7.19. The van der Waals surface area contributed by atoms with Gasteiger partial charge in [0.2, 0.25) is 0 Å². The predicted molar refractivity (Wildman–Crippen MR) is 100 cm³/mol. The van der Waals surface area contributed by atoms with Gasteiger partial charge in [-0.2, -0.15) is 0 Å². The topological polar surface area (TPSA) is 88.6 Å². The Bertz CT molecular complexity index is 947. The number of carbonyl (C=O) groups is 1. The normalized spacial score (nSPS) is 19.9. The number of sulfonamides is 1. The monoisotopic (exact) mass is 387 g/mol. The van der Waals surface area contributed by atoms with Crippen LogP contribution in [-0.2, 0) is 10.0 Å². The van der Waals surface area contributed by atoms with Crippen molar-refractivity contribution >= 4 is 21.6 Å². The SMILES string of the molecule is O=C1c2cc(NS(=O)(=O)c3cccnc3)ccc2OCC[C@@H]2CCCCN12. The fraction of sp³-hybridized carbons (Fsp3) is 0.368. The molecule has 1 saturated heterocycles. The minimum atomic E-state index is -3.78. The van der Waals surface area contributed by atoms with Crippen LogP contribution in [0.1, 0.15) is 36.0 Å². The number of nitrogens with zero attached hydrogens (tertiary/aromatic N) is 2. The van der Waals surface area contributed by atoms with Crippen molar-refractivity contribution in [3.05, 3.63) is 48.3 Å². The predicted octanol–water partition coefficient (Wildman–Crippen LogP) is 2.66. The van der Waals surface area contributed by atoms with Crippen molar-refractivity contribution in [1.29, 1.82) is 0 Å². The molecule has 0 spiro atoms. The van der Waals surface area contributed by atoms with Gasteiger partial charge < -0.3 is 9.64 Å². The maximum Gasteiger partial charge on any atom is 0.263 e. The highest BCUT2D eigenvalue weighted by molar-refractivity contribution is 7.92. The molecule has 1 amide bonds. The number of benzene rings is 1. The first kappa shape index (κ1) is 17.8. The second-order valence-electron chi connectivity index (χ2n) is 6.79. The van der Waals surface area contributed by atoms with Crippen LogP contribution in [0.4, 0.5) is 5.69 Å². The van der Waals surface area contributed by atoms with E-state index in [1.54, 1.807) is 24.3 Å². The van der Waals surface area contributed by atoms with Crippen molar-refractivity contribution in [2.24, 2.45) is 0 Å². The highest BCUT2D eigenvalue weighted by Crippen LogP contribution is 2.31. The number of rotatable bonds is 3. The number of aromatic nitrogens is 1. The van der Waals surface area contributed by atoms with Gasteiger partial charge in [0, 0.05) is 37.1 Å². The molecule has 8 heteroatoms. The van der Waals surface area contributed by atoms with Crippen LogP contribution in [0, 0.1) is 0 Å². The van der Waals surface area contributed by atoms with Gasteiger partial charge in [-0.05, 0) is 49.6 Å². The summed E-state index contributed by atoms with van der Waals surface area (Å²) >= 11 is 0. The van der Waals surface area contributed by atoms with Crippen molar-refractivity contribution in [1.82, 2.24) is 9.88 Å². The molecule has 2 aliphatic heterocycles. The van der Waals surface area contributed by atoms with Gasteiger partial charge >= 0.3 is 0 Å². The third kappa shape index (κ3) is 3.62. The molecule has 27 heavy (non-hydrogen) atoms. The first-order chi connectivity index (χ1) is 13.0.